The molecule has 1 N–H and O–H groups in total. The molecule has 1 amide bonds. The first-order chi connectivity index (χ1) is 11.8. The van der Waals surface area contributed by atoms with Gasteiger partial charge in [0.05, 0.1) is 27.6 Å². The maximum Gasteiger partial charge on any atom is 0.291 e. The minimum atomic E-state index is -0.512. The van der Waals surface area contributed by atoms with Crippen LogP contribution in [0.4, 0.5) is 5.69 Å². The number of aromatic nitrogens is 2. The van der Waals surface area contributed by atoms with Crippen LogP contribution in [0.3, 0.4) is 0 Å². The van der Waals surface area contributed by atoms with Crippen LogP contribution in [-0.4, -0.2) is 35.8 Å². The molecule has 1 heterocycles. The molecular formula is C16H17Cl3N4O2. The highest BCUT2D eigenvalue weighted by Crippen LogP contribution is 2.27. The molecule has 0 atom stereocenters. The number of halogens is 3. The van der Waals surface area contributed by atoms with Gasteiger partial charge in [-0.3, -0.25) is 9.59 Å². The number of carbonyl (C=O) groups excluding carboxylic acids is 1. The smallest absolute Gasteiger partial charge is 0.291 e. The second-order valence-electron chi connectivity index (χ2n) is 5.42. The zero-order valence-corrected chi connectivity index (χ0v) is 16.0. The van der Waals surface area contributed by atoms with Gasteiger partial charge < -0.3 is 10.2 Å². The van der Waals surface area contributed by atoms with Gasteiger partial charge >= 0.3 is 0 Å². The van der Waals surface area contributed by atoms with E-state index in [9.17, 15) is 9.59 Å². The lowest BCUT2D eigenvalue weighted by Crippen LogP contribution is -2.26. The highest BCUT2D eigenvalue weighted by molar-refractivity contribution is 6.41. The number of carbonyl (C=O) groups is 1. The Kier molecular flexibility index (Phi) is 6.70. The first-order valence-corrected chi connectivity index (χ1v) is 8.63. The van der Waals surface area contributed by atoms with Crippen molar-refractivity contribution in [3.8, 4) is 5.69 Å². The molecule has 0 aliphatic heterocycles. The van der Waals surface area contributed by atoms with Crippen LogP contribution in [0.15, 0.2) is 29.2 Å². The minimum absolute atomic E-state index is 0.0513. The average molecular weight is 404 g/mol. The topological polar surface area (TPSA) is 67.2 Å². The summed E-state index contributed by atoms with van der Waals surface area (Å²) in [5.41, 5.74) is 0.784. The van der Waals surface area contributed by atoms with E-state index >= 15 is 0 Å². The number of nitrogens with zero attached hydrogens (tertiary/aromatic N) is 3. The van der Waals surface area contributed by atoms with E-state index in [1.807, 2.05) is 11.9 Å². The molecule has 0 radical (unpaired) electrons. The van der Waals surface area contributed by atoms with Gasteiger partial charge in [-0.2, -0.15) is 9.78 Å². The molecule has 0 aliphatic carbocycles. The van der Waals surface area contributed by atoms with Crippen LogP contribution < -0.4 is 15.8 Å². The molecule has 1 aromatic heterocycles. The van der Waals surface area contributed by atoms with Crippen LogP contribution in [0.2, 0.25) is 15.1 Å². The second-order valence-corrected chi connectivity index (χ2v) is 6.61. The third kappa shape index (κ3) is 4.87. The van der Waals surface area contributed by atoms with Crippen LogP contribution in [-0.2, 0) is 4.79 Å². The van der Waals surface area contributed by atoms with Crippen molar-refractivity contribution in [2.24, 2.45) is 0 Å². The summed E-state index contributed by atoms with van der Waals surface area (Å²) in [6.07, 6.45) is 2.09. The van der Waals surface area contributed by atoms with Gasteiger partial charge in [-0.05, 0) is 24.6 Å². The van der Waals surface area contributed by atoms with E-state index in [4.69, 9.17) is 34.8 Å². The second kappa shape index (κ2) is 8.56. The Hall–Kier alpha value is -1.76. The lowest BCUT2D eigenvalue weighted by molar-refractivity contribution is -0.118. The number of benzene rings is 1. The van der Waals surface area contributed by atoms with Crippen molar-refractivity contribution in [3.05, 3.63) is 49.8 Å². The summed E-state index contributed by atoms with van der Waals surface area (Å²) in [4.78, 5) is 25.0. The molecule has 0 spiro atoms. The minimum Gasteiger partial charge on any atom is -0.373 e. The maximum absolute atomic E-state index is 12.1. The monoisotopic (exact) mass is 402 g/mol. The summed E-state index contributed by atoms with van der Waals surface area (Å²) in [6, 6.07) is 5.16. The van der Waals surface area contributed by atoms with E-state index in [0.717, 1.165) is 16.8 Å². The molecule has 0 bridgehead atoms. The fourth-order valence-electron chi connectivity index (χ4n) is 2.23. The van der Waals surface area contributed by atoms with Crippen molar-refractivity contribution >= 4 is 46.4 Å². The van der Waals surface area contributed by atoms with E-state index in [0.29, 0.717) is 23.8 Å². The molecule has 25 heavy (non-hydrogen) atoms. The van der Waals surface area contributed by atoms with Crippen LogP contribution in [0, 0.1) is 0 Å². The van der Waals surface area contributed by atoms with E-state index in [1.165, 1.54) is 13.1 Å². The zero-order valence-electron chi connectivity index (χ0n) is 13.7. The van der Waals surface area contributed by atoms with Crippen LogP contribution >= 0.6 is 34.8 Å². The number of nitrogens with one attached hydrogen (secondary N) is 1. The van der Waals surface area contributed by atoms with Crippen LogP contribution in [0.1, 0.15) is 13.3 Å². The van der Waals surface area contributed by atoms with Gasteiger partial charge in [0.15, 0.2) is 0 Å². The third-order valence-electron chi connectivity index (χ3n) is 3.51. The van der Waals surface area contributed by atoms with Gasteiger partial charge in [-0.15, -0.1) is 0 Å². The third-order valence-corrected chi connectivity index (χ3v) is 4.56. The molecule has 2 aromatic rings. The number of hydrogen-bond acceptors (Lipinski definition) is 4. The summed E-state index contributed by atoms with van der Waals surface area (Å²) < 4.78 is 1.14. The van der Waals surface area contributed by atoms with Crippen molar-refractivity contribution in [3.63, 3.8) is 0 Å². The zero-order chi connectivity index (χ0) is 18.6. The largest absolute Gasteiger partial charge is 0.373 e. The Morgan fingerprint density at radius 1 is 1.28 bits per heavy atom. The molecule has 0 aliphatic rings. The Balaban J connectivity index is 2.17. The fraction of sp³-hybridized carbons (Fsp3) is 0.312. The maximum atomic E-state index is 12.1. The molecule has 2 rings (SSSR count). The van der Waals surface area contributed by atoms with Gasteiger partial charge in [0.1, 0.15) is 5.02 Å². The summed E-state index contributed by atoms with van der Waals surface area (Å²) in [7, 11) is 1.90. The van der Waals surface area contributed by atoms with Crippen molar-refractivity contribution in [1.29, 1.82) is 0 Å². The Morgan fingerprint density at radius 3 is 2.64 bits per heavy atom. The quantitative estimate of drug-likeness (QED) is 0.752. The number of amides is 1. The van der Waals surface area contributed by atoms with Gasteiger partial charge in [-0.1, -0.05) is 34.8 Å². The van der Waals surface area contributed by atoms with Crippen molar-refractivity contribution in [2.75, 3.05) is 25.0 Å². The molecule has 6 nitrogen and oxygen atoms in total. The Morgan fingerprint density at radius 2 is 2.00 bits per heavy atom. The van der Waals surface area contributed by atoms with Crippen molar-refractivity contribution in [1.82, 2.24) is 15.1 Å². The molecule has 1 aromatic carbocycles. The lowest BCUT2D eigenvalue weighted by atomic mass is 10.2. The molecule has 9 heteroatoms. The predicted molar refractivity (Wildman–Crippen MR) is 101 cm³/mol. The number of anilines is 1. The fourth-order valence-corrected chi connectivity index (χ4v) is 2.81. The van der Waals surface area contributed by atoms with E-state index in [-0.39, 0.29) is 16.0 Å². The lowest BCUT2D eigenvalue weighted by Gasteiger charge is -2.21. The summed E-state index contributed by atoms with van der Waals surface area (Å²) >= 11 is 18.0. The average Bonchev–Trinajstić information content (AvgIpc) is 2.56. The molecule has 134 valence electrons. The summed E-state index contributed by atoms with van der Waals surface area (Å²) in [6.45, 7) is 2.79. The molecule has 0 saturated heterocycles. The van der Waals surface area contributed by atoms with Gasteiger partial charge in [0, 0.05) is 27.1 Å². The highest BCUT2D eigenvalue weighted by atomic mass is 35.5. The van der Waals surface area contributed by atoms with Crippen LogP contribution in [0.5, 0.6) is 0 Å². The molecule has 0 unspecified atom stereocenters. The predicted octanol–water partition coefficient (Wildman–Crippen LogP) is 3.16. The molecular weight excluding hydrogens is 387 g/mol. The van der Waals surface area contributed by atoms with Gasteiger partial charge in [0.25, 0.3) is 5.56 Å². The van der Waals surface area contributed by atoms with Gasteiger partial charge in [0.2, 0.25) is 5.91 Å². The normalized spacial score (nSPS) is 10.6. The van der Waals surface area contributed by atoms with Crippen molar-refractivity contribution < 1.29 is 4.79 Å². The standard InChI is InChI=1S/C16H17Cl3N4O2/c1-10(24)20-6-3-7-22(2)14-5-4-11(8-12(14)17)23-16(25)15(19)13(18)9-21-23/h4-5,8-9H,3,6-7H2,1-2H3,(H,20,24). The van der Waals surface area contributed by atoms with E-state index in [2.05, 4.69) is 10.4 Å². The van der Waals surface area contributed by atoms with Crippen molar-refractivity contribution in [2.45, 2.75) is 13.3 Å². The van der Waals surface area contributed by atoms with Gasteiger partial charge in [-0.25, -0.2) is 0 Å². The Bertz CT molecular complexity index is 839. The molecule has 0 saturated carbocycles. The highest BCUT2D eigenvalue weighted by Gasteiger charge is 2.12. The number of hydrogen-bond donors (Lipinski definition) is 1. The van der Waals surface area contributed by atoms with E-state index < -0.39 is 5.56 Å². The molecule has 0 fully saturated rings. The Labute approximate surface area is 160 Å². The van der Waals surface area contributed by atoms with E-state index in [1.54, 1.807) is 18.2 Å². The number of rotatable bonds is 6. The summed E-state index contributed by atoms with van der Waals surface area (Å²) in [5.74, 6) is -0.0513. The first-order valence-electron chi connectivity index (χ1n) is 7.50. The SMILES string of the molecule is CC(=O)NCCCN(C)c1ccc(-n2ncc(Cl)c(Cl)c2=O)cc1Cl. The van der Waals surface area contributed by atoms with Crippen LogP contribution in [0.25, 0.3) is 5.69 Å². The first kappa shape index (κ1) is 19.6. The summed E-state index contributed by atoms with van der Waals surface area (Å²) in [5, 5.41) is 7.20.